The van der Waals surface area contributed by atoms with E-state index in [-0.39, 0.29) is 5.75 Å². The number of sulfonamides is 2. The minimum atomic E-state index is -3.54. The summed E-state index contributed by atoms with van der Waals surface area (Å²) in [6.45, 7) is 3.52. The summed E-state index contributed by atoms with van der Waals surface area (Å²) in [5.74, 6) is -0.0110. The Bertz CT molecular complexity index is 1110. The molecule has 3 rings (SSSR count). The normalized spacial score (nSPS) is 17.5. The number of hydrazone groups is 1. The fourth-order valence-electron chi connectivity index (χ4n) is 3.08. The Labute approximate surface area is 166 Å². The molecule has 0 bridgehead atoms. The summed E-state index contributed by atoms with van der Waals surface area (Å²) in [4.78, 5) is 0. The Morgan fingerprint density at radius 3 is 2.36 bits per heavy atom. The van der Waals surface area contributed by atoms with E-state index >= 15 is 0 Å². The standard InChI is InChI=1S/C19H23N3O4S2/c1-4-28(25,26)21-17-10-8-15(9-11-17)18-13-19(22(20-18)27(3,23)24)16-7-5-6-14(2)12-16/h5-12,19,21H,4,13H2,1-3H3/t19-/m0/s1. The van der Waals surface area contributed by atoms with Gasteiger partial charge in [0.15, 0.2) is 0 Å². The Morgan fingerprint density at radius 1 is 1.11 bits per heavy atom. The van der Waals surface area contributed by atoms with Gasteiger partial charge in [0, 0.05) is 12.1 Å². The van der Waals surface area contributed by atoms with E-state index in [1.54, 1.807) is 31.2 Å². The van der Waals surface area contributed by atoms with Gasteiger partial charge in [0.2, 0.25) is 20.0 Å². The lowest BCUT2D eigenvalue weighted by Crippen LogP contribution is -2.25. The number of nitrogens with one attached hydrogen (secondary N) is 1. The van der Waals surface area contributed by atoms with Crippen LogP contribution in [0.25, 0.3) is 0 Å². The lowest BCUT2D eigenvalue weighted by molar-refractivity contribution is 0.374. The highest BCUT2D eigenvalue weighted by atomic mass is 32.2. The van der Waals surface area contributed by atoms with Crippen molar-refractivity contribution in [1.82, 2.24) is 4.41 Å². The van der Waals surface area contributed by atoms with Crippen molar-refractivity contribution < 1.29 is 16.8 Å². The van der Waals surface area contributed by atoms with Crippen LogP contribution in [-0.2, 0) is 20.0 Å². The summed E-state index contributed by atoms with van der Waals surface area (Å²) >= 11 is 0. The highest BCUT2D eigenvalue weighted by molar-refractivity contribution is 7.92. The second kappa shape index (κ2) is 7.56. The molecule has 1 aliphatic rings. The number of hydrogen-bond acceptors (Lipinski definition) is 5. The van der Waals surface area contributed by atoms with Crippen LogP contribution in [0.3, 0.4) is 0 Å². The van der Waals surface area contributed by atoms with E-state index in [1.165, 1.54) is 0 Å². The number of nitrogens with zero attached hydrogens (tertiary/aromatic N) is 2. The molecule has 7 nitrogen and oxygen atoms in total. The largest absolute Gasteiger partial charge is 0.284 e. The molecule has 150 valence electrons. The topological polar surface area (TPSA) is 95.9 Å². The van der Waals surface area contributed by atoms with Gasteiger partial charge in [0.1, 0.15) is 0 Å². The third-order valence-corrected chi connectivity index (χ3v) is 6.83. The minimum absolute atomic E-state index is 0.0110. The third-order valence-electron chi connectivity index (χ3n) is 4.51. The van der Waals surface area contributed by atoms with Gasteiger partial charge in [-0.25, -0.2) is 16.8 Å². The lowest BCUT2D eigenvalue weighted by atomic mass is 9.98. The molecule has 0 saturated carbocycles. The molecule has 0 amide bonds. The van der Waals surface area contributed by atoms with Crippen LogP contribution >= 0.6 is 0 Å². The van der Waals surface area contributed by atoms with Crippen molar-refractivity contribution in [2.45, 2.75) is 26.3 Å². The van der Waals surface area contributed by atoms with Crippen LogP contribution in [-0.4, -0.2) is 39.0 Å². The van der Waals surface area contributed by atoms with Crippen LogP contribution in [0, 0.1) is 6.92 Å². The van der Waals surface area contributed by atoms with Crippen molar-refractivity contribution in [2.24, 2.45) is 5.10 Å². The molecular formula is C19H23N3O4S2. The fourth-order valence-corrected chi connectivity index (χ4v) is 4.62. The molecule has 0 aromatic heterocycles. The van der Waals surface area contributed by atoms with E-state index in [0.717, 1.165) is 27.4 Å². The first-order chi connectivity index (χ1) is 13.1. The van der Waals surface area contributed by atoms with Gasteiger partial charge in [-0.2, -0.15) is 9.52 Å². The van der Waals surface area contributed by atoms with Crippen molar-refractivity contribution in [3.8, 4) is 0 Å². The maximum atomic E-state index is 12.3. The van der Waals surface area contributed by atoms with Gasteiger partial charge in [-0.3, -0.25) is 4.72 Å². The maximum absolute atomic E-state index is 12.3. The zero-order chi connectivity index (χ0) is 20.5. The quantitative estimate of drug-likeness (QED) is 0.776. The third kappa shape index (κ3) is 4.53. The van der Waals surface area contributed by atoms with Gasteiger partial charge in [-0.1, -0.05) is 42.0 Å². The first kappa shape index (κ1) is 20.3. The first-order valence-corrected chi connectivity index (χ1v) is 12.3. The molecule has 2 aromatic rings. The van der Waals surface area contributed by atoms with Crippen molar-refractivity contribution in [3.63, 3.8) is 0 Å². The highest BCUT2D eigenvalue weighted by Gasteiger charge is 2.34. The van der Waals surface area contributed by atoms with Gasteiger partial charge < -0.3 is 0 Å². The van der Waals surface area contributed by atoms with Crippen molar-refractivity contribution in [3.05, 3.63) is 65.2 Å². The molecule has 1 heterocycles. The predicted octanol–water partition coefficient (Wildman–Crippen LogP) is 2.87. The Morgan fingerprint density at radius 2 is 1.79 bits per heavy atom. The zero-order valence-electron chi connectivity index (χ0n) is 16.0. The molecule has 0 aliphatic carbocycles. The minimum Gasteiger partial charge on any atom is -0.284 e. The van der Waals surface area contributed by atoms with Crippen molar-refractivity contribution in [2.75, 3.05) is 16.7 Å². The van der Waals surface area contributed by atoms with Crippen molar-refractivity contribution >= 4 is 31.4 Å². The van der Waals surface area contributed by atoms with Gasteiger partial charge in [-0.05, 0) is 37.1 Å². The second-order valence-electron chi connectivity index (χ2n) is 6.80. The first-order valence-electron chi connectivity index (χ1n) is 8.83. The van der Waals surface area contributed by atoms with Crippen LogP contribution in [0.2, 0.25) is 0 Å². The van der Waals surface area contributed by atoms with Crippen LogP contribution in [0.5, 0.6) is 0 Å². The van der Waals surface area contributed by atoms with Crippen LogP contribution < -0.4 is 4.72 Å². The van der Waals surface area contributed by atoms with E-state index in [4.69, 9.17) is 0 Å². The monoisotopic (exact) mass is 421 g/mol. The summed E-state index contributed by atoms with van der Waals surface area (Å²) in [6, 6.07) is 14.1. The van der Waals surface area contributed by atoms with E-state index in [2.05, 4.69) is 9.82 Å². The second-order valence-corrected chi connectivity index (χ2v) is 10.7. The number of aryl methyl sites for hydroxylation is 1. The van der Waals surface area contributed by atoms with Gasteiger partial charge >= 0.3 is 0 Å². The Hall–Kier alpha value is -2.39. The Balaban J connectivity index is 1.90. The summed E-state index contributed by atoms with van der Waals surface area (Å²) < 4.78 is 51.5. The molecule has 9 heteroatoms. The molecule has 0 saturated heterocycles. The summed E-state index contributed by atoms with van der Waals surface area (Å²) in [6.07, 6.45) is 1.58. The van der Waals surface area contributed by atoms with Gasteiger partial charge in [0.05, 0.1) is 23.8 Å². The SMILES string of the molecule is CCS(=O)(=O)Nc1ccc(C2=NN(S(C)(=O)=O)[C@H](c3cccc(C)c3)C2)cc1. The van der Waals surface area contributed by atoms with E-state index in [0.29, 0.717) is 17.8 Å². The molecule has 1 atom stereocenters. The molecule has 0 radical (unpaired) electrons. The van der Waals surface area contributed by atoms with E-state index in [9.17, 15) is 16.8 Å². The molecule has 28 heavy (non-hydrogen) atoms. The number of rotatable bonds is 6. The molecule has 1 aliphatic heterocycles. The van der Waals surface area contributed by atoms with Crippen molar-refractivity contribution in [1.29, 1.82) is 0 Å². The average molecular weight is 422 g/mol. The smallest absolute Gasteiger partial charge is 0.247 e. The number of hydrogen-bond donors (Lipinski definition) is 1. The van der Waals surface area contributed by atoms with Gasteiger partial charge in [0.25, 0.3) is 0 Å². The summed E-state index contributed by atoms with van der Waals surface area (Å²) in [5, 5.41) is 4.36. The fraction of sp³-hybridized carbons (Fsp3) is 0.316. The number of benzene rings is 2. The van der Waals surface area contributed by atoms with E-state index in [1.807, 2.05) is 31.2 Å². The van der Waals surface area contributed by atoms with Gasteiger partial charge in [-0.15, -0.1) is 0 Å². The van der Waals surface area contributed by atoms with E-state index < -0.39 is 26.1 Å². The Kier molecular flexibility index (Phi) is 5.49. The molecule has 1 N–H and O–H groups in total. The maximum Gasteiger partial charge on any atom is 0.247 e. The predicted molar refractivity (Wildman–Crippen MR) is 111 cm³/mol. The number of anilines is 1. The summed E-state index contributed by atoms with van der Waals surface area (Å²) in [7, 11) is -6.88. The van der Waals surface area contributed by atoms with Crippen LogP contribution in [0.1, 0.15) is 36.1 Å². The lowest BCUT2D eigenvalue weighted by Gasteiger charge is -2.21. The zero-order valence-corrected chi connectivity index (χ0v) is 17.6. The average Bonchev–Trinajstić information content (AvgIpc) is 3.08. The molecule has 2 aromatic carbocycles. The molecule has 0 fully saturated rings. The van der Waals surface area contributed by atoms with Crippen LogP contribution in [0.4, 0.5) is 5.69 Å². The molecule has 0 spiro atoms. The highest BCUT2D eigenvalue weighted by Crippen LogP contribution is 2.35. The summed E-state index contributed by atoms with van der Waals surface area (Å²) in [5.41, 5.74) is 3.79. The molecule has 0 unspecified atom stereocenters. The van der Waals surface area contributed by atoms with Crippen LogP contribution in [0.15, 0.2) is 53.6 Å². The molecular weight excluding hydrogens is 398 g/mol.